The van der Waals surface area contributed by atoms with Crippen molar-refractivity contribution in [1.29, 1.82) is 0 Å². The third kappa shape index (κ3) is 10.8. The van der Waals surface area contributed by atoms with E-state index in [4.69, 9.17) is 9.47 Å². The van der Waals surface area contributed by atoms with Crippen molar-refractivity contribution in [2.45, 2.75) is 65.2 Å². The van der Waals surface area contributed by atoms with Crippen molar-refractivity contribution in [1.82, 2.24) is 0 Å². The monoisotopic (exact) mass is 883 g/mol. The minimum Gasteiger partial charge on any atom is -0.423 e. The summed E-state index contributed by atoms with van der Waals surface area (Å²) in [6, 6.07) is 13.9. The predicted molar refractivity (Wildman–Crippen MR) is 268 cm³/mol. The zero-order valence-electron chi connectivity index (χ0n) is 39.1. The molecular formula is C61H70O5. The van der Waals surface area contributed by atoms with Crippen LogP contribution in [-0.4, -0.2) is 18.2 Å². The maximum absolute atomic E-state index is 11.3. The lowest BCUT2D eigenvalue weighted by Crippen LogP contribution is -2.11. The smallest absolute Gasteiger partial charge is 0.335 e. The van der Waals surface area contributed by atoms with Crippen molar-refractivity contribution in [2.24, 2.45) is 94.7 Å². The number of hydrogen-bond donors (Lipinski definition) is 0. The molecule has 4 saturated carbocycles. The van der Waals surface area contributed by atoms with Crippen LogP contribution in [0.15, 0.2) is 165 Å². The number of allylic oxidation sites excluding steroid dienone is 14. The van der Waals surface area contributed by atoms with E-state index in [1.54, 1.807) is 24.3 Å². The molecule has 8 aliphatic carbocycles. The summed E-state index contributed by atoms with van der Waals surface area (Å²) in [5.41, 5.74) is 1.68. The van der Waals surface area contributed by atoms with E-state index >= 15 is 0 Å². The molecule has 5 nitrogen and oxygen atoms in total. The van der Waals surface area contributed by atoms with Crippen LogP contribution in [0.25, 0.3) is 6.08 Å². The molecule has 10 rings (SSSR count). The molecule has 0 heterocycles. The van der Waals surface area contributed by atoms with E-state index in [0.29, 0.717) is 40.7 Å². The Balaban J connectivity index is 0.000000149. The van der Waals surface area contributed by atoms with Gasteiger partial charge in [-0.15, -0.1) is 6.58 Å². The van der Waals surface area contributed by atoms with Crippen LogP contribution in [0.1, 0.15) is 81.1 Å². The summed E-state index contributed by atoms with van der Waals surface area (Å²) < 4.78 is 9.96. The van der Waals surface area contributed by atoms with Crippen molar-refractivity contribution in [3.63, 3.8) is 0 Å². The van der Waals surface area contributed by atoms with Crippen molar-refractivity contribution in [2.75, 3.05) is 0 Å². The molecule has 0 N–H and O–H groups in total. The fourth-order valence-electron chi connectivity index (χ4n) is 13.3. The lowest BCUT2D eigenvalue weighted by molar-refractivity contribution is -0.129. The fraction of sp³-hybridized carbons (Fsp3) is 0.426. The number of rotatable bonds is 12. The van der Waals surface area contributed by atoms with Crippen molar-refractivity contribution in [3.8, 4) is 11.5 Å². The Morgan fingerprint density at radius 3 is 1.30 bits per heavy atom. The van der Waals surface area contributed by atoms with E-state index in [1.165, 1.54) is 57.4 Å². The molecule has 0 amide bonds. The fourth-order valence-corrected chi connectivity index (χ4v) is 13.3. The largest absolute Gasteiger partial charge is 0.423 e. The Morgan fingerprint density at radius 2 is 0.864 bits per heavy atom. The number of aldehydes is 1. The first-order valence-corrected chi connectivity index (χ1v) is 24.8. The van der Waals surface area contributed by atoms with Crippen LogP contribution < -0.4 is 9.47 Å². The molecule has 0 saturated heterocycles. The van der Waals surface area contributed by atoms with E-state index in [-0.39, 0.29) is 0 Å². The Labute approximate surface area is 394 Å². The maximum Gasteiger partial charge on any atom is 0.335 e. The number of ether oxygens (including phenoxy) is 2. The van der Waals surface area contributed by atoms with Crippen LogP contribution in [0, 0.1) is 94.7 Å². The number of carbonyl (C=O) groups excluding carboxylic acids is 3. The van der Waals surface area contributed by atoms with Gasteiger partial charge in [0.15, 0.2) is 0 Å². The lowest BCUT2D eigenvalue weighted by Gasteiger charge is -2.17. The van der Waals surface area contributed by atoms with Gasteiger partial charge in [-0.05, 0) is 188 Å². The Morgan fingerprint density at radius 1 is 0.485 bits per heavy atom. The second kappa shape index (κ2) is 21.8. The molecule has 2 aromatic rings. The Kier molecular flexibility index (Phi) is 15.5. The molecule has 0 aromatic heterocycles. The molecule has 16 atom stereocenters. The van der Waals surface area contributed by atoms with Crippen LogP contribution in [0.3, 0.4) is 0 Å². The predicted octanol–water partition coefficient (Wildman–Crippen LogP) is 14.0. The van der Waals surface area contributed by atoms with Gasteiger partial charge in [-0.2, -0.15) is 0 Å². The minimum atomic E-state index is -0.515. The van der Waals surface area contributed by atoms with Gasteiger partial charge in [0.2, 0.25) is 0 Å². The quantitative estimate of drug-likeness (QED) is 0.0698. The van der Waals surface area contributed by atoms with Gasteiger partial charge in [-0.25, -0.2) is 9.59 Å². The topological polar surface area (TPSA) is 69.7 Å². The molecule has 2 aromatic carbocycles. The normalized spacial score (nSPS) is 36.1. The third-order valence-corrected chi connectivity index (χ3v) is 16.7. The van der Waals surface area contributed by atoms with E-state index < -0.39 is 11.9 Å². The molecule has 0 aliphatic heterocycles. The summed E-state index contributed by atoms with van der Waals surface area (Å²) in [5.74, 6) is 12.6. The molecule has 344 valence electrons. The van der Waals surface area contributed by atoms with Crippen LogP contribution in [0.5, 0.6) is 11.5 Å². The highest BCUT2D eigenvalue weighted by Crippen LogP contribution is 2.53. The number of benzene rings is 2. The van der Waals surface area contributed by atoms with Gasteiger partial charge in [0.25, 0.3) is 0 Å². The minimum absolute atomic E-state index is 0.399. The van der Waals surface area contributed by atoms with Gasteiger partial charge in [-0.1, -0.05) is 130 Å². The van der Waals surface area contributed by atoms with E-state index in [2.05, 4.69) is 125 Å². The molecule has 5 heteroatoms. The Bertz CT molecular complexity index is 2270. The zero-order valence-corrected chi connectivity index (χ0v) is 39.1. The summed E-state index contributed by atoms with van der Waals surface area (Å²) >= 11 is 0. The molecule has 4 fully saturated rings. The standard InChI is InChI=1S/C30H34O2.C21H28.C10H8O3/c1-3-30(31)32-25-16-11-21(12-17-25)10-13-23-19-24(29-9-5-8-28(23)29)15-14-22-18-20(2)26-6-4-7-27(22)26;1-3-15-13-17(21-9-5-7-19(15)21)11-10-16-12-14(2)18-6-4-8-20(16)18;1-2-10(12)13-9-5-3-8(7-11)4-6-9/h3-5,7-8,10-17,20,22-24,26-29H,1,6,9,18-19H2,2H3;3-5,7-8,10-11,14-21H,1,6,9,12-13H2,2H3;2-7H,1H2/b13-10-,15-14?;;. The summed E-state index contributed by atoms with van der Waals surface area (Å²) in [6.07, 6.45) is 50.2. The average molecular weight is 883 g/mol. The van der Waals surface area contributed by atoms with Gasteiger partial charge < -0.3 is 9.47 Å². The summed E-state index contributed by atoms with van der Waals surface area (Å²) in [7, 11) is 0. The first-order chi connectivity index (χ1) is 32.2. The van der Waals surface area contributed by atoms with Gasteiger partial charge in [0, 0.05) is 17.7 Å². The van der Waals surface area contributed by atoms with Crippen LogP contribution >= 0.6 is 0 Å². The van der Waals surface area contributed by atoms with Crippen molar-refractivity contribution >= 4 is 24.3 Å². The van der Waals surface area contributed by atoms with Crippen molar-refractivity contribution < 1.29 is 23.9 Å². The number of carbonyl (C=O) groups is 3. The maximum atomic E-state index is 11.3. The zero-order chi connectivity index (χ0) is 46.2. The van der Waals surface area contributed by atoms with Crippen LogP contribution in [0.4, 0.5) is 0 Å². The molecule has 0 bridgehead atoms. The van der Waals surface area contributed by atoms with Gasteiger partial charge in [0.1, 0.15) is 17.8 Å². The third-order valence-electron chi connectivity index (χ3n) is 16.7. The molecular weight excluding hydrogens is 813 g/mol. The number of hydrogen-bond acceptors (Lipinski definition) is 5. The van der Waals surface area contributed by atoms with E-state index in [1.807, 2.05) is 24.3 Å². The summed E-state index contributed by atoms with van der Waals surface area (Å²) in [6.45, 7) is 15.7. The second-order valence-electron chi connectivity index (χ2n) is 20.4. The second-order valence-corrected chi connectivity index (χ2v) is 20.4. The molecule has 0 radical (unpaired) electrons. The molecule has 8 aliphatic rings. The van der Waals surface area contributed by atoms with Crippen molar-refractivity contribution in [3.05, 3.63) is 177 Å². The number of fused-ring (bicyclic) bond motifs is 4. The first-order valence-electron chi connectivity index (χ1n) is 24.8. The summed E-state index contributed by atoms with van der Waals surface area (Å²) in [5, 5.41) is 0. The SMILES string of the molecule is C=CC(=O)Oc1ccc(/C=C\C2CC(C=CC3CC(C)C4CC=CC34)C3CC=CC23)cc1.C=CC(=O)Oc1ccc(C=O)cc1.C=CC1CC(C=CC2CC(C)C3CC=CC23)C2CC=CC12. The summed E-state index contributed by atoms with van der Waals surface area (Å²) in [4.78, 5) is 32.3. The lowest BCUT2D eigenvalue weighted by atomic mass is 9.87. The van der Waals surface area contributed by atoms with Gasteiger partial charge >= 0.3 is 11.9 Å². The Hall–Kier alpha value is -5.55. The van der Waals surface area contributed by atoms with E-state index in [0.717, 1.165) is 88.9 Å². The molecule has 66 heavy (non-hydrogen) atoms. The van der Waals surface area contributed by atoms with Crippen LogP contribution in [-0.2, 0) is 9.59 Å². The van der Waals surface area contributed by atoms with E-state index in [9.17, 15) is 14.4 Å². The van der Waals surface area contributed by atoms with Gasteiger partial charge in [0.05, 0.1) is 0 Å². The molecule has 0 spiro atoms. The molecule has 16 unspecified atom stereocenters. The highest BCUT2D eigenvalue weighted by Gasteiger charge is 2.44. The van der Waals surface area contributed by atoms with Gasteiger partial charge in [-0.3, -0.25) is 4.79 Å². The number of esters is 2. The van der Waals surface area contributed by atoms with Crippen LogP contribution in [0.2, 0.25) is 0 Å². The first kappa shape index (κ1) is 47.0. The highest BCUT2D eigenvalue weighted by atomic mass is 16.5. The average Bonchev–Trinajstić information content (AvgIpc) is 4.20. The highest BCUT2D eigenvalue weighted by molar-refractivity contribution is 5.84.